The van der Waals surface area contributed by atoms with E-state index in [-0.39, 0.29) is 24.2 Å². The number of aliphatic hydroxyl groups is 1. The topological polar surface area (TPSA) is 113 Å². The predicted octanol–water partition coefficient (Wildman–Crippen LogP) is 2.15. The van der Waals surface area contributed by atoms with Crippen LogP contribution in [-0.4, -0.2) is 44.3 Å². The minimum absolute atomic E-state index is 0.0444. The van der Waals surface area contributed by atoms with E-state index in [0.29, 0.717) is 35.9 Å². The highest BCUT2D eigenvalue weighted by atomic mass is 16.5. The number of anilines is 1. The Morgan fingerprint density at radius 2 is 2.00 bits per heavy atom. The van der Waals surface area contributed by atoms with Gasteiger partial charge in [0.15, 0.2) is 11.5 Å². The highest BCUT2D eigenvalue weighted by Gasteiger charge is 2.16. The summed E-state index contributed by atoms with van der Waals surface area (Å²) >= 11 is 0. The third kappa shape index (κ3) is 5.26. The van der Waals surface area contributed by atoms with E-state index in [1.54, 1.807) is 0 Å². The summed E-state index contributed by atoms with van der Waals surface area (Å²) in [5.41, 5.74) is 1.51. The van der Waals surface area contributed by atoms with Crippen LogP contribution in [-0.2, 0) is 6.42 Å². The lowest BCUT2D eigenvalue weighted by atomic mass is 10.0. The van der Waals surface area contributed by atoms with Crippen LogP contribution >= 0.6 is 0 Å². The fraction of sp³-hybridized carbons (Fsp3) is 0.400. The molecule has 3 aromatic rings. The molecule has 0 amide bonds. The number of nitrogens with zero attached hydrogens (tertiary/aromatic N) is 3. The maximum Gasteiger partial charge on any atom is 0.320 e. The van der Waals surface area contributed by atoms with Crippen LogP contribution in [0.2, 0.25) is 0 Å². The van der Waals surface area contributed by atoms with Crippen molar-refractivity contribution in [1.29, 1.82) is 0 Å². The molecule has 2 heterocycles. The van der Waals surface area contributed by atoms with Crippen molar-refractivity contribution in [2.24, 2.45) is 5.92 Å². The number of rotatable bonds is 9. The molecule has 0 radical (unpaired) electrons. The van der Waals surface area contributed by atoms with Gasteiger partial charge >= 0.3 is 6.01 Å². The highest BCUT2D eigenvalue weighted by Crippen LogP contribution is 2.21. The molecule has 0 saturated heterocycles. The van der Waals surface area contributed by atoms with Crippen LogP contribution in [0.1, 0.15) is 25.8 Å². The molecule has 1 atom stereocenters. The number of aliphatic hydroxyl groups excluding tert-OH is 1. The number of fused-ring (bicyclic) bond motifs is 1. The Morgan fingerprint density at radius 1 is 1.21 bits per heavy atom. The smallest absolute Gasteiger partial charge is 0.320 e. The predicted molar refractivity (Wildman–Crippen MR) is 108 cm³/mol. The molecule has 0 saturated carbocycles. The second-order valence-corrected chi connectivity index (χ2v) is 7.04. The summed E-state index contributed by atoms with van der Waals surface area (Å²) < 4.78 is 5.72. The SMILES string of the molecule is CC(C)C[C@H](CO)Nc1nc(OCCc2ccccc2)nc2[nH]c(=O)cnc12. The van der Waals surface area contributed by atoms with Crippen LogP contribution in [0.4, 0.5) is 5.82 Å². The average Bonchev–Trinajstić information content (AvgIpc) is 2.67. The third-order valence-corrected chi connectivity index (χ3v) is 4.20. The molecule has 0 bridgehead atoms. The summed E-state index contributed by atoms with van der Waals surface area (Å²) in [6.45, 7) is 4.51. The van der Waals surface area contributed by atoms with Crippen LogP contribution in [0.3, 0.4) is 0 Å². The zero-order chi connectivity index (χ0) is 19.9. The van der Waals surface area contributed by atoms with E-state index < -0.39 is 0 Å². The Bertz CT molecular complexity index is 959. The number of benzene rings is 1. The van der Waals surface area contributed by atoms with Crippen molar-refractivity contribution in [1.82, 2.24) is 19.9 Å². The van der Waals surface area contributed by atoms with E-state index in [1.165, 1.54) is 6.20 Å². The van der Waals surface area contributed by atoms with Crippen LogP contribution in [0, 0.1) is 5.92 Å². The molecule has 0 aliphatic heterocycles. The number of ether oxygens (including phenoxy) is 1. The quantitative estimate of drug-likeness (QED) is 0.519. The molecule has 0 fully saturated rings. The van der Waals surface area contributed by atoms with Gasteiger partial charge in [-0.2, -0.15) is 9.97 Å². The first-order valence-electron chi connectivity index (χ1n) is 9.36. The molecule has 0 aliphatic carbocycles. The van der Waals surface area contributed by atoms with E-state index in [0.717, 1.165) is 12.0 Å². The molecule has 148 valence electrons. The number of aromatic nitrogens is 4. The highest BCUT2D eigenvalue weighted by molar-refractivity contribution is 5.82. The molecule has 28 heavy (non-hydrogen) atoms. The monoisotopic (exact) mass is 383 g/mol. The molecular formula is C20H25N5O3. The van der Waals surface area contributed by atoms with E-state index in [1.807, 2.05) is 30.3 Å². The van der Waals surface area contributed by atoms with Gasteiger partial charge in [0.2, 0.25) is 0 Å². The number of hydrogen-bond acceptors (Lipinski definition) is 7. The third-order valence-electron chi connectivity index (χ3n) is 4.20. The first-order chi connectivity index (χ1) is 13.5. The zero-order valence-corrected chi connectivity index (χ0v) is 16.1. The number of aromatic amines is 1. The Labute approximate surface area is 163 Å². The van der Waals surface area contributed by atoms with Gasteiger partial charge in [-0.05, 0) is 17.9 Å². The largest absolute Gasteiger partial charge is 0.463 e. The first kappa shape index (κ1) is 19.8. The van der Waals surface area contributed by atoms with Gasteiger partial charge in [-0.3, -0.25) is 4.79 Å². The Kier molecular flexibility index (Phi) is 6.54. The van der Waals surface area contributed by atoms with Crippen molar-refractivity contribution in [3.8, 4) is 6.01 Å². The van der Waals surface area contributed by atoms with E-state index >= 15 is 0 Å². The molecular weight excluding hydrogens is 358 g/mol. The fourth-order valence-electron chi connectivity index (χ4n) is 2.93. The molecule has 0 spiro atoms. The van der Waals surface area contributed by atoms with Crippen molar-refractivity contribution in [2.45, 2.75) is 32.7 Å². The molecule has 1 aromatic carbocycles. The van der Waals surface area contributed by atoms with Gasteiger partial charge < -0.3 is 20.1 Å². The van der Waals surface area contributed by atoms with Crippen molar-refractivity contribution < 1.29 is 9.84 Å². The lowest BCUT2D eigenvalue weighted by Gasteiger charge is -2.19. The Hall–Kier alpha value is -3.00. The zero-order valence-electron chi connectivity index (χ0n) is 16.1. The Balaban J connectivity index is 1.83. The maximum atomic E-state index is 11.6. The summed E-state index contributed by atoms with van der Waals surface area (Å²) in [5, 5.41) is 12.9. The lowest BCUT2D eigenvalue weighted by Crippen LogP contribution is -2.26. The van der Waals surface area contributed by atoms with Crippen LogP contribution in [0.15, 0.2) is 41.3 Å². The minimum atomic E-state index is -0.353. The lowest BCUT2D eigenvalue weighted by molar-refractivity contribution is 0.259. The van der Waals surface area contributed by atoms with Crippen molar-refractivity contribution >= 4 is 17.0 Å². The summed E-state index contributed by atoms with van der Waals surface area (Å²) in [6.07, 6.45) is 2.65. The van der Waals surface area contributed by atoms with Crippen molar-refractivity contribution in [2.75, 3.05) is 18.5 Å². The molecule has 3 rings (SSSR count). The van der Waals surface area contributed by atoms with Gasteiger partial charge in [-0.15, -0.1) is 0 Å². The van der Waals surface area contributed by atoms with E-state index in [2.05, 4.69) is 39.1 Å². The fourth-order valence-corrected chi connectivity index (χ4v) is 2.93. The molecule has 8 heteroatoms. The Morgan fingerprint density at radius 3 is 2.71 bits per heavy atom. The second kappa shape index (κ2) is 9.27. The summed E-state index contributed by atoms with van der Waals surface area (Å²) in [7, 11) is 0. The van der Waals surface area contributed by atoms with Crippen LogP contribution in [0.25, 0.3) is 11.2 Å². The van der Waals surface area contributed by atoms with E-state index in [4.69, 9.17) is 4.74 Å². The van der Waals surface area contributed by atoms with Gasteiger partial charge in [0.1, 0.15) is 5.52 Å². The summed E-state index contributed by atoms with van der Waals surface area (Å²) in [4.78, 5) is 27.1. The van der Waals surface area contributed by atoms with Gasteiger partial charge in [-0.1, -0.05) is 44.2 Å². The van der Waals surface area contributed by atoms with Crippen molar-refractivity contribution in [3.63, 3.8) is 0 Å². The minimum Gasteiger partial charge on any atom is -0.463 e. The van der Waals surface area contributed by atoms with Crippen LogP contribution in [0.5, 0.6) is 6.01 Å². The normalized spacial score (nSPS) is 12.3. The maximum absolute atomic E-state index is 11.6. The first-order valence-corrected chi connectivity index (χ1v) is 9.36. The molecule has 2 aromatic heterocycles. The summed E-state index contributed by atoms with van der Waals surface area (Å²) in [5.74, 6) is 0.822. The number of nitrogens with one attached hydrogen (secondary N) is 2. The van der Waals surface area contributed by atoms with Gasteiger partial charge in [0.25, 0.3) is 5.56 Å². The second-order valence-electron chi connectivity index (χ2n) is 7.04. The van der Waals surface area contributed by atoms with Crippen LogP contribution < -0.4 is 15.6 Å². The van der Waals surface area contributed by atoms with Gasteiger partial charge in [0.05, 0.1) is 25.5 Å². The number of hydrogen-bond donors (Lipinski definition) is 3. The standard InChI is InChI=1S/C20H25N5O3/c1-13(2)10-15(12-26)22-18-17-19(23-16(27)11-21-17)25-20(24-18)28-9-8-14-6-4-3-5-7-14/h3-7,11,13,15,26H,8-10,12H2,1-2H3,(H2,22,23,24,25,27)/t15-/m1/s1. The summed E-state index contributed by atoms with van der Waals surface area (Å²) in [6, 6.07) is 9.92. The molecule has 0 aliphatic rings. The van der Waals surface area contributed by atoms with E-state index in [9.17, 15) is 9.90 Å². The molecule has 0 unspecified atom stereocenters. The number of H-pyrrole nitrogens is 1. The van der Waals surface area contributed by atoms with Gasteiger partial charge in [-0.25, -0.2) is 4.98 Å². The average molecular weight is 383 g/mol. The molecule has 8 nitrogen and oxygen atoms in total. The molecule has 3 N–H and O–H groups in total. The van der Waals surface area contributed by atoms with Gasteiger partial charge in [0, 0.05) is 6.42 Å². The van der Waals surface area contributed by atoms with Crippen molar-refractivity contribution in [3.05, 3.63) is 52.4 Å².